The normalized spacial score (nSPS) is 19.3. The van der Waals surface area contributed by atoms with Crippen LogP contribution in [0.4, 0.5) is 0 Å². The van der Waals surface area contributed by atoms with Crippen molar-refractivity contribution in [1.29, 1.82) is 0 Å². The van der Waals surface area contributed by atoms with Gasteiger partial charge in [0.1, 0.15) is 0 Å². The predicted molar refractivity (Wildman–Crippen MR) is 94.3 cm³/mol. The molecule has 23 heavy (non-hydrogen) atoms. The molecule has 1 aliphatic carbocycles. The van der Waals surface area contributed by atoms with Crippen molar-refractivity contribution in [3.8, 4) is 0 Å². The van der Waals surface area contributed by atoms with E-state index in [9.17, 15) is 9.59 Å². The van der Waals surface area contributed by atoms with E-state index in [0.717, 1.165) is 44.1 Å². The Kier molecular flexibility index (Phi) is 10.0. The third-order valence-corrected chi connectivity index (χ3v) is 4.22. The van der Waals surface area contributed by atoms with Gasteiger partial charge in [-0.1, -0.05) is 63.3 Å². The molecule has 0 amide bonds. The second-order valence-electron chi connectivity index (χ2n) is 6.23. The molecule has 3 nitrogen and oxygen atoms in total. The van der Waals surface area contributed by atoms with Crippen LogP contribution in [0, 0.1) is 5.92 Å². The number of carboxylic acids is 1. The number of hydrogen-bond donors (Lipinski definition) is 1. The highest BCUT2D eigenvalue weighted by molar-refractivity contribution is 5.98. The molecule has 0 aliphatic heterocycles. The summed E-state index contributed by atoms with van der Waals surface area (Å²) in [6, 6.07) is 0. The summed E-state index contributed by atoms with van der Waals surface area (Å²) < 4.78 is 0. The van der Waals surface area contributed by atoms with Crippen molar-refractivity contribution >= 4 is 11.8 Å². The van der Waals surface area contributed by atoms with E-state index in [4.69, 9.17) is 5.11 Å². The van der Waals surface area contributed by atoms with Crippen LogP contribution in [0.3, 0.4) is 0 Å². The molecule has 0 fully saturated rings. The Labute approximate surface area is 140 Å². The molecule has 0 aromatic heterocycles. The minimum Gasteiger partial charge on any atom is -0.481 e. The Hall–Kier alpha value is -1.64. The third kappa shape index (κ3) is 8.53. The molecule has 1 unspecified atom stereocenters. The molecule has 0 saturated heterocycles. The molecule has 0 heterocycles. The van der Waals surface area contributed by atoms with Gasteiger partial charge in [-0.3, -0.25) is 9.59 Å². The van der Waals surface area contributed by atoms with Crippen molar-refractivity contribution < 1.29 is 14.7 Å². The van der Waals surface area contributed by atoms with E-state index in [2.05, 4.69) is 25.2 Å². The first-order chi connectivity index (χ1) is 11.1. The van der Waals surface area contributed by atoms with Crippen LogP contribution in [0.15, 0.2) is 36.0 Å². The van der Waals surface area contributed by atoms with Crippen molar-refractivity contribution in [2.24, 2.45) is 5.92 Å². The lowest BCUT2D eigenvalue weighted by Gasteiger charge is -2.10. The van der Waals surface area contributed by atoms with Gasteiger partial charge < -0.3 is 5.11 Å². The van der Waals surface area contributed by atoms with Crippen LogP contribution >= 0.6 is 0 Å². The number of carbonyl (C=O) groups is 2. The Morgan fingerprint density at radius 1 is 1.13 bits per heavy atom. The van der Waals surface area contributed by atoms with Gasteiger partial charge in [-0.25, -0.2) is 0 Å². The van der Waals surface area contributed by atoms with E-state index >= 15 is 0 Å². The molecule has 0 bridgehead atoms. The van der Waals surface area contributed by atoms with Crippen LogP contribution in [-0.2, 0) is 9.59 Å². The maximum atomic E-state index is 11.9. The highest BCUT2D eigenvalue weighted by Gasteiger charge is 2.23. The molecule has 128 valence electrons. The molecule has 0 radical (unpaired) electrons. The molecule has 0 saturated carbocycles. The number of aliphatic carboxylic acids is 1. The minimum atomic E-state index is -0.726. The van der Waals surface area contributed by atoms with Gasteiger partial charge in [0.15, 0.2) is 5.78 Å². The fourth-order valence-corrected chi connectivity index (χ4v) is 2.82. The minimum absolute atomic E-state index is 0.00904. The van der Waals surface area contributed by atoms with Crippen LogP contribution in [0.1, 0.15) is 71.1 Å². The molecule has 0 aromatic carbocycles. The summed E-state index contributed by atoms with van der Waals surface area (Å²) in [6.07, 6.45) is 19.5. The van der Waals surface area contributed by atoms with Gasteiger partial charge in [-0.15, -0.1) is 0 Å². The van der Waals surface area contributed by atoms with Gasteiger partial charge >= 0.3 is 5.97 Å². The summed E-state index contributed by atoms with van der Waals surface area (Å²) in [4.78, 5) is 22.4. The fraction of sp³-hybridized carbons (Fsp3) is 0.600. The van der Waals surface area contributed by atoms with Gasteiger partial charge in [0.2, 0.25) is 0 Å². The van der Waals surface area contributed by atoms with Crippen molar-refractivity contribution in [3.63, 3.8) is 0 Å². The number of unbranched alkanes of at least 4 members (excludes halogenated alkanes) is 6. The standard InChI is InChI=1S/C20H30O3/c1-2-3-4-5-6-9-12-17-15-16-19(21)18(17)13-10-7-8-11-14-20(22)23/h6,9,12,15-16,18H,2-5,7-8,10-11,13-14H2,1H3,(H,22,23). The first kappa shape index (κ1) is 19.4. The number of carbonyl (C=O) groups excluding carboxylic acids is 1. The van der Waals surface area contributed by atoms with Crippen molar-refractivity contribution in [1.82, 2.24) is 0 Å². The van der Waals surface area contributed by atoms with Crippen LogP contribution in [0.2, 0.25) is 0 Å². The summed E-state index contributed by atoms with van der Waals surface area (Å²) in [7, 11) is 0. The van der Waals surface area contributed by atoms with Crippen LogP contribution in [0.25, 0.3) is 0 Å². The number of carboxylic acid groups (broad SMARTS) is 1. The first-order valence-corrected chi connectivity index (χ1v) is 8.95. The zero-order valence-electron chi connectivity index (χ0n) is 14.3. The molecule has 0 aromatic rings. The van der Waals surface area contributed by atoms with E-state index < -0.39 is 5.97 Å². The predicted octanol–water partition coefficient (Wildman–Crippen LogP) is 5.23. The van der Waals surface area contributed by atoms with Crippen LogP contribution in [0.5, 0.6) is 0 Å². The highest BCUT2D eigenvalue weighted by Crippen LogP contribution is 2.27. The fourth-order valence-electron chi connectivity index (χ4n) is 2.82. The number of rotatable bonds is 12. The van der Waals surface area contributed by atoms with E-state index in [1.54, 1.807) is 6.08 Å². The summed E-state index contributed by atoms with van der Waals surface area (Å²) >= 11 is 0. The second kappa shape index (κ2) is 11.9. The SMILES string of the molecule is CCCCCC=CC=C1C=CC(=O)C1CCCCCCC(=O)O. The Bertz CT molecular complexity index is 458. The van der Waals surface area contributed by atoms with E-state index in [1.165, 1.54) is 19.3 Å². The van der Waals surface area contributed by atoms with Gasteiger partial charge in [0.05, 0.1) is 0 Å². The highest BCUT2D eigenvalue weighted by atomic mass is 16.4. The molecular formula is C20H30O3. The summed E-state index contributed by atoms with van der Waals surface area (Å²) in [6.45, 7) is 2.20. The average molecular weight is 318 g/mol. The zero-order chi connectivity index (χ0) is 16.9. The quantitative estimate of drug-likeness (QED) is 0.501. The second-order valence-corrected chi connectivity index (χ2v) is 6.23. The zero-order valence-corrected chi connectivity index (χ0v) is 14.3. The molecular weight excluding hydrogens is 288 g/mol. The van der Waals surface area contributed by atoms with E-state index in [1.807, 2.05) is 6.08 Å². The maximum Gasteiger partial charge on any atom is 0.303 e. The smallest absolute Gasteiger partial charge is 0.303 e. The Balaban J connectivity index is 2.29. The lowest BCUT2D eigenvalue weighted by Crippen LogP contribution is -2.08. The molecule has 3 heteroatoms. The number of hydrogen-bond acceptors (Lipinski definition) is 2. The monoisotopic (exact) mass is 318 g/mol. The lowest BCUT2D eigenvalue weighted by atomic mass is 9.93. The molecule has 1 N–H and O–H groups in total. The molecule has 1 rings (SSSR count). The van der Waals surface area contributed by atoms with Gasteiger partial charge in [0, 0.05) is 12.3 Å². The Morgan fingerprint density at radius 3 is 2.65 bits per heavy atom. The number of allylic oxidation sites excluding steroid dienone is 6. The van der Waals surface area contributed by atoms with Crippen molar-refractivity contribution in [2.75, 3.05) is 0 Å². The summed E-state index contributed by atoms with van der Waals surface area (Å²) in [5.74, 6) is -0.507. The van der Waals surface area contributed by atoms with E-state index in [-0.39, 0.29) is 18.1 Å². The molecule has 1 aliphatic rings. The maximum absolute atomic E-state index is 11.9. The first-order valence-electron chi connectivity index (χ1n) is 8.95. The van der Waals surface area contributed by atoms with Crippen molar-refractivity contribution in [2.45, 2.75) is 71.1 Å². The summed E-state index contributed by atoms with van der Waals surface area (Å²) in [5.41, 5.74) is 1.12. The van der Waals surface area contributed by atoms with Crippen LogP contribution in [-0.4, -0.2) is 16.9 Å². The molecule has 1 atom stereocenters. The average Bonchev–Trinajstić information content (AvgIpc) is 2.86. The molecule has 0 spiro atoms. The summed E-state index contributed by atoms with van der Waals surface area (Å²) in [5, 5.41) is 8.60. The lowest BCUT2D eigenvalue weighted by molar-refractivity contribution is -0.137. The van der Waals surface area contributed by atoms with Gasteiger partial charge in [-0.2, -0.15) is 0 Å². The largest absolute Gasteiger partial charge is 0.481 e. The third-order valence-electron chi connectivity index (χ3n) is 4.22. The van der Waals surface area contributed by atoms with Crippen LogP contribution < -0.4 is 0 Å². The van der Waals surface area contributed by atoms with Crippen molar-refractivity contribution in [3.05, 3.63) is 36.0 Å². The number of ketones is 1. The Morgan fingerprint density at radius 2 is 1.91 bits per heavy atom. The van der Waals surface area contributed by atoms with Gasteiger partial charge in [0.25, 0.3) is 0 Å². The van der Waals surface area contributed by atoms with E-state index in [0.29, 0.717) is 0 Å². The topological polar surface area (TPSA) is 54.4 Å². The van der Waals surface area contributed by atoms with Gasteiger partial charge in [-0.05, 0) is 37.3 Å².